The minimum Gasteiger partial charge on any atom is -0.496 e. The van der Waals surface area contributed by atoms with Gasteiger partial charge < -0.3 is 19.5 Å². The van der Waals surface area contributed by atoms with Crippen LogP contribution in [0.2, 0.25) is 0 Å². The molecule has 0 spiro atoms. The van der Waals surface area contributed by atoms with Crippen molar-refractivity contribution >= 4 is 17.2 Å². The van der Waals surface area contributed by atoms with Gasteiger partial charge in [0.2, 0.25) is 0 Å². The lowest BCUT2D eigenvalue weighted by atomic mass is 9.91. The van der Waals surface area contributed by atoms with E-state index in [1.807, 2.05) is 0 Å². The van der Waals surface area contributed by atoms with E-state index in [2.05, 4.69) is 0 Å². The molecule has 2 aromatic rings. The lowest BCUT2D eigenvalue weighted by Gasteiger charge is -2.39. The van der Waals surface area contributed by atoms with Crippen LogP contribution >= 0.6 is 0 Å². The number of fused-ring (bicyclic) bond motifs is 1. The van der Waals surface area contributed by atoms with Crippen LogP contribution in [-0.2, 0) is 22.3 Å². The zero-order chi connectivity index (χ0) is 22.2. The van der Waals surface area contributed by atoms with Crippen LogP contribution in [0, 0.1) is 5.82 Å². The summed E-state index contributed by atoms with van der Waals surface area (Å²) in [6.07, 6.45) is -5.78. The van der Waals surface area contributed by atoms with E-state index in [0.29, 0.717) is 22.4 Å². The molecule has 160 valence electrons. The van der Waals surface area contributed by atoms with Gasteiger partial charge in [-0.2, -0.15) is 13.2 Å². The Balaban J connectivity index is 2.23. The fourth-order valence-corrected chi connectivity index (χ4v) is 3.61. The lowest BCUT2D eigenvalue weighted by Crippen LogP contribution is -2.43. The number of ether oxygens (including phenoxy) is 2. The Morgan fingerprint density at radius 1 is 1.17 bits per heavy atom. The summed E-state index contributed by atoms with van der Waals surface area (Å²) in [5, 5.41) is 9.72. The second-order valence-corrected chi connectivity index (χ2v) is 6.75. The molecule has 0 radical (unpaired) electrons. The number of hydrogen-bond acceptors (Lipinski definition) is 4. The fraction of sp³-hybridized carbons (Fsp3) is 0.286. The topological polar surface area (TPSA) is 59.0 Å². The summed E-state index contributed by atoms with van der Waals surface area (Å²) in [4.78, 5) is 13.3. The molecule has 1 aliphatic rings. The Morgan fingerprint density at radius 3 is 2.43 bits per heavy atom. The Bertz CT molecular complexity index is 1020. The standard InChI is InChI=1S/C21H19F4NO4/c1-11-15-6-4-13(21(23,24)25)9-16(15)26(19(30-3)18(11)20(27)28)10-12-8-14(22)5-7-17(12)29-2/h4-9,19H,10H2,1-3H3,(H,27,28). The van der Waals surface area contributed by atoms with Gasteiger partial charge in [-0.05, 0) is 42.8 Å². The number of methoxy groups -OCH3 is 2. The number of carboxylic acids is 1. The number of rotatable bonds is 5. The SMILES string of the molecule is COc1ccc(F)cc1CN1c2cc(C(F)(F)F)ccc2C(C)=C(C(=O)O)C1OC. The van der Waals surface area contributed by atoms with Crippen LogP contribution < -0.4 is 9.64 Å². The van der Waals surface area contributed by atoms with E-state index in [4.69, 9.17) is 9.47 Å². The summed E-state index contributed by atoms with van der Waals surface area (Å²) in [5.41, 5.74) is 0.0707. The predicted octanol–water partition coefficient (Wildman–Crippen LogP) is 4.70. The molecule has 5 nitrogen and oxygen atoms in total. The smallest absolute Gasteiger partial charge is 0.416 e. The first kappa shape index (κ1) is 21.6. The Morgan fingerprint density at radius 2 is 1.87 bits per heavy atom. The maximum Gasteiger partial charge on any atom is 0.416 e. The highest BCUT2D eigenvalue weighted by atomic mass is 19.4. The van der Waals surface area contributed by atoms with Crippen molar-refractivity contribution in [2.45, 2.75) is 25.9 Å². The van der Waals surface area contributed by atoms with Crippen LogP contribution in [0.25, 0.3) is 5.57 Å². The summed E-state index contributed by atoms with van der Waals surface area (Å²) < 4.78 is 64.5. The molecule has 0 aliphatic carbocycles. The van der Waals surface area contributed by atoms with Gasteiger partial charge in [0.25, 0.3) is 0 Å². The zero-order valence-corrected chi connectivity index (χ0v) is 16.4. The molecular weight excluding hydrogens is 406 g/mol. The molecule has 0 bridgehead atoms. The van der Waals surface area contributed by atoms with Gasteiger partial charge in [0.1, 0.15) is 11.6 Å². The van der Waals surface area contributed by atoms with Crippen LogP contribution in [-0.4, -0.2) is 31.5 Å². The third-order valence-corrected chi connectivity index (χ3v) is 5.01. The predicted molar refractivity (Wildman–Crippen MR) is 102 cm³/mol. The van der Waals surface area contributed by atoms with Crippen LogP contribution in [0.15, 0.2) is 42.0 Å². The van der Waals surface area contributed by atoms with Gasteiger partial charge in [-0.1, -0.05) is 6.07 Å². The van der Waals surface area contributed by atoms with E-state index in [0.717, 1.165) is 12.1 Å². The van der Waals surface area contributed by atoms with E-state index in [1.54, 1.807) is 0 Å². The Hall–Kier alpha value is -3.07. The van der Waals surface area contributed by atoms with Gasteiger partial charge >= 0.3 is 12.1 Å². The molecule has 0 aromatic heterocycles. The number of hydrogen-bond donors (Lipinski definition) is 1. The number of allylic oxidation sites excluding steroid dienone is 1. The van der Waals surface area contributed by atoms with E-state index >= 15 is 0 Å². The van der Waals surface area contributed by atoms with E-state index in [9.17, 15) is 27.5 Å². The molecular formula is C21H19F4NO4. The van der Waals surface area contributed by atoms with Crippen molar-refractivity contribution in [1.29, 1.82) is 0 Å². The summed E-state index contributed by atoms with van der Waals surface area (Å²) in [6.45, 7) is 1.37. The Labute approximate surface area is 170 Å². The highest BCUT2D eigenvalue weighted by Crippen LogP contribution is 2.43. The van der Waals surface area contributed by atoms with Crippen molar-refractivity contribution in [3.63, 3.8) is 0 Å². The molecule has 0 amide bonds. The zero-order valence-electron chi connectivity index (χ0n) is 16.4. The highest BCUT2D eigenvalue weighted by molar-refractivity contribution is 6.01. The van der Waals surface area contributed by atoms with Crippen LogP contribution in [0.4, 0.5) is 23.2 Å². The first-order valence-corrected chi connectivity index (χ1v) is 8.86. The minimum absolute atomic E-state index is 0.111. The fourth-order valence-electron chi connectivity index (χ4n) is 3.61. The summed E-state index contributed by atoms with van der Waals surface area (Å²) in [5.74, 6) is -1.52. The van der Waals surface area contributed by atoms with E-state index < -0.39 is 29.8 Å². The van der Waals surface area contributed by atoms with Gasteiger partial charge in [-0.3, -0.25) is 0 Å². The monoisotopic (exact) mass is 425 g/mol. The third kappa shape index (κ3) is 3.85. The number of carbonyl (C=O) groups is 1. The van der Waals surface area contributed by atoms with Crippen LogP contribution in [0.1, 0.15) is 23.6 Å². The first-order chi connectivity index (χ1) is 14.1. The first-order valence-electron chi connectivity index (χ1n) is 8.86. The van der Waals surface area contributed by atoms with Crippen molar-refractivity contribution in [1.82, 2.24) is 0 Å². The molecule has 0 saturated heterocycles. The van der Waals surface area contributed by atoms with Crippen molar-refractivity contribution in [3.8, 4) is 5.75 Å². The summed E-state index contributed by atoms with van der Waals surface area (Å²) in [6, 6.07) is 6.84. The second kappa shape index (κ2) is 7.98. The molecule has 1 unspecified atom stereocenters. The molecule has 0 fully saturated rings. The van der Waals surface area contributed by atoms with Gasteiger partial charge in [-0.15, -0.1) is 0 Å². The highest BCUT2D eigenvalue weighted by Gasteiger charge is 2.38. The number of aliphatic carboxylic acids is 1. The average molecular weight is 425 g/mol. The maximum atomic E-state index is 13.8. The maximum absolute atomic E-state index is 13.8. The van der Waals surface area contributed by atoms with Gasteiger partial charge in [0.15, 0.2) is 6.23 Å². The number of benzene rings is 2. The van der Waals surface area contributed by atoms with Gasteiger partial charge in [-0.25, -0.2) is 9.18 Å². The molecule has 3 rings (SSSR count). The molecule has 1 atom stereocenters. The molecule has 2 aromatic carbocycles. The number of halogens is 4. The van der Waals surface area contributed by atoms with Crippen molar-refractivity contribution in [2.24, 2.45) is 0 Å². The molecule has 1 heterocycles. The molecule has 1 aliphatic heterocycles. The number of carboxylic acid groups (broad SMARTS) is 1. The largest absolute Gasteiger partial charge is 0.496 e. The number of nitrogens with zero attached hydrogens (tertiary/aromatic N) is 1. The van der Waals surface area contributed by atoms with Crippen molar-refractivity contribution in [3.05, 3.63) is 64.5 Å². The van der Waals surface area contributed by atoms with Gasteiger partial charge in [0.05, 0.1) is 18.2 Å². The minimum atomic E-state index is -4.59. The summed E-state index contributed by atoms with van der Waals surface area (Å²) >= 11 is 0. The van der Waals surface area contributed by atoms with Crippen molar-refractivity contribution in [2.75, 3.05) is 19.1 Å². The van der Waals surface area contributed by atoms with E-state index in [1.165, 1.54) is 50.3 Å². The molecule has 9 heteroatoms. The van der Waals surface area contributed by atoms with E-state index in [-0.39, 0.29) is 17.8 Å². The quantitative estimate of drug-likeness (QED) is 0.704. The molecule has 30 heavy (non-hydrogen) atoms. The molecule has 1 N–H and O–H groups in total. The van der Waals surface area contributed by atoms with Gasteiger partial charge in [0, 0.05) is 30.5 Å². The lowest BCUT2D eigenvalue weighted by molar-refractivity contribution is -0.137. The normalized spacial score (nSPS) is 16.5. The molecule has 0 saturated carbocycles. The number of anilines is 1. The Kier molecular flexibility index (Phi) is 5.76. The third-order valence-electron chi connectivity index (χ3n) is 5.01. The van der Waals surface area contributed by atoms with Crippen LogP contribution in [0.5, 0.6) is 5.75 Å². The van der Waals surface area contributed by atoms with Crippen LogP contribution in [0.3, 0.4) is 0 Å². The van der Waals surface area contributed by atoms with Crippen molar-refractivity contribution < 1.29 is 36.9 Å². The second-order valence-electron chi connectivity index (χ2n) is 6.75. The number of alkyl halides is 3. The summed E-state index contributed by atoms with van der Waals surface area (Å²) in [7, 11) is 2.64. The average Bonchev–Trinajstić information content (AvgIpc) is 2.68.